The van der Waals surface area contributed by atoms with Crippen molar-refractivity contribution in [3.05, 3.63) is 23.8 Å². The lowest BCUT2D eigenvalue weighted by atomic mass is 10.1. The number of rotatable bonds is 6. The van der Waals surface area contributed by atoms with Crippen LogP contribution in [0.25, 0.3) is 0 Å². The normalized spacial score (nSPS) is 16.1. The fourth-order valence-corrected chi connectivity index (χ4v) is 4.57. The molecule has 27 heavy (non-hydrogen) atoms. The van der Waals surface area contributed by atoms with Crippen molar-refractivity contribution in [2.45, 2.75) is 50.0 Å². The first-order chi connectivity index (χ1) is 12.2. The Hall–Kier alpha value is -1.35. The third kappa shape index (κ3) is 5.81. The molecule has 7 nitrogen and oxygen atoms in total. The first-order valence-corrected chi connectivity index (χ1v) is 10.4. The largest absolute Gasteiger partial charge is 0.495 e. The zero-order valence-corrected chi connectivity index (χ0v) is 17.8. The van der Waals surface area contributed by atoms with Crippen LogP contribution in [0.5, 0.6) is 5.75 Å². The molecule has 0 spiro atoms. The van der Waals surface area contributed by atoms with Gasteiger partial charge in [-0.15, -0.1) is 12.4 Å². The summed E-state index contributed by atoms with van der Waals surface area (Å²) < 4.78 is 33.0. The summed E-state index contributed by atoms with van der Waals surface area (Å²) in [6, 6.07) is 4.47. The number of carbonyl (C=O) groups excluding carboxylic acids is 1. The molecule has 1 saturated heterocycles. The van der Waals surface area contributed by atoms with Gasteiger partial charge in [0.25, 0.3) is 5.91 Å². The molecule has 0 unspecified atom stereocenters. The number of hydrogen-bond donors (Lipinski definition) is 2. The van der Waals surface area contributed by atoms with Gasteiger partial charge in [-0.3, -0.25) is 4.79 Å². The third-order valence-corrected chi connectivity index (χ3v) is 6.49. The number of nitrogens with one attached hydrogen (secondary N) is 1. The zero-order valence-electron chi connectivity index (χ0n) is 16.2. The Morgan fingerprint density at radius 2 is 1.81 bits per heavy atom. The average molecular weight is 420 g/mol. The molecule has 1 heterocycles. The highest BCUT2D eigenvalue weighted by Crippen LogP contribution is 2.29. The van der Waals surface area contributed by atoms with Crippen LogP contribution in [0.3, 0.4) is 0 Å². The van der Waals surface area contributed by atoms with Gasteiger partial charge in [-0.05, 0) is 44.9 Å². The van der Waals surface area contributed by atoms with E-state index >= 15 is 0 Å². The Kier molecular flexibility index (Phi) is 8.53. The molecule has 1 amide bonds. The molecule has 1 aliphatic rings. The first kappa shape index (κ1) is 23.7. The Morgan fingerprint density at radius 1 is 1.22 bits per heavy atom. The van der Waals surface area contributed by atoms with Crippen molar-refractivity contribution in [3.63, 3.8) is 0 Å². The highest BCUT2D eigenvalue weighted by molar-refractivity contribution is 7.89. The number of ether oxygens (including phenoxy) is 1. The summed E-state index contributed by atoms with van der Waals surface area (Å²) in [4.78, 5) is 12.5. The molecule has 0 bridgehead atoms. The van der Waals surface area contributed by atoms with Gasteiger partial charge in [0.1, 0.15) is 10.6 Å². The number of benzene rings is 1. The highest BCUT2D eigenvalue weighted by Gasteiger charge is 2.29. The number of sulfonamides is 1. The van der Waals surface area contributed by atoms with E-state index in [0.717, 1.165) is 25.7 Å². The van der Waals surface area contributed by atoms with E-state index in [9.17, 15) is 13.2 Å². The van der Waals surface area contributed by atoms with Crippen LogP contribution in [0.4, 0.5) is 0 Å². The van der Waals surface area contributed by atoms with Crippen LogP contribution in [0.15, 0.2) is 23.1 Å². The highest BCUT2D eigenvalue weighted by atomic mass is 35.5. The van der Waals surface area contributed by atoms with E-state index in [-0.39, 0.29) is 41.1 Å². The van der Waals surface area contributed by atoms with Crippen LogP contribution in [0, 0.1) is 0 Å². The zero-order chi connectivity index (χ0) is 19.4. The molecule has 0 atom stereocenters. The van der Waals surface area contributed by atoms with Crippen LogP contribution in [0.1, 0.15) is 49.9 Å². The molecule has 3 N–H and O–H groups in total. The summed E-state index contributed by atoms with van der Waals surface area (Å²) >= 11 is 0. The van der Waals surface area contributed by atoms with Gasteiger partial charge in [0.05, 0.1) is 7.11 Å². The maximum absolute atomic E-state index is 13.1. The molecule has 2 rings (SSSR count). The molecule has 1 fully saturated rings. The Bertz CT molecular complexity index is 745. The van der Waals surface area contributed by atoms with Gasteiger partial charge < -0.3 is 15.8 Å². The Morgan fingerprint density at radius 3 is 2.33 bits per heavy atom. The molecular formula is C18H30ClN3O4S. The third-order valence-electron chi connectivity index (χ3n) is 4.57. The molecule has 0 saturated carbocycles. The van der Waals surface area contributed by atoms with Crippen LogP contribution in [-0.4, -0.2) is 50.9 Å². The second-order valence-electron chi connectivity index (χ2n) is 7.23. The molecule has 1 aromatic rings. The summed E-state index contributed by atoms with van der Waals surface area (Å²) in [6.45, 7) is 4.87. The molecular weight excluding hydrogens is 390 g/mol. The molecule has 1 aromatic carbocycles. The summed E-state index contributed by atoms with van der Waals surface area (Å²) in [6.07, 6.45) is 3.73. The van der Waals surface area contributed by atoms with E-state index in [1.807, 2.05) is 13.8 Å². The Balaban J connectivity index is 0.00000364. The molecule has 0 aromatic heterocycles. The van der Waals surface area contributed by atoms with Gasteiger partial charge in [-0.2, -0.15) is 4.31 Å². The number of amides is 1. The van der Waals surface area contributed by atoms with E-state index in [2.05, 4.69) is 5.32 Å². The van der Waals surface area contributed by atoms with E-state index in [1.165, 1.54) is 23.5 Å². The van der Waals surface area contributed by atoms with Gasteiger partial charge in [0.15, 0.2) is 0 Å². The predicted octanol–water partition coefficient (Wildman–Crippen LogP) is 2.15. The fourth-order valence-electron chi connectivity index (χ4n) is 2.87. The lowest BCUT2D eigenvalue weighted by molar-refractivity contribution is 0.0915. The van der Waals surface area contributed by atoms with Gasteiger partial charge in [-0.1, -0.05) is 12.8 Å². The van der Waals surface area contributed by atoms with Crippen molar-refractivity contribution in [2.24, 2.45) is 5.73 Å². The molecule has 0 aliphatic carbocycles. The molecule has 154 valence electrons. The van der Waals surface area contributed by atoms with Gasteiger partial charge in [0.2, 0.25) is 10.0 Å². The minimum absolute atomic E-state index is 0. The summed E-state index contributed by atoms with van der Waals surface area (Å²) in [7, 11) is -2.31. The second-order valence-corrected chi connectivity index (χ2v) is 9.13. The number of methoxy groups -OCH3 is 1. The Labute approximate surface area is 168 Å². The average Bonchev–Trinajstić information content (AvgIpc) is 2.90. The van der Waals surface area contributed by atoms with E-state index < -0.39 is 15.6 Å². The minimum Gasteiger partial charge on any atom is -0.495 e. The van der Waals surface area contributed by atoms with Gasteiger partial charge >= 0.3 is 0 Å². The van der Waals surface area contributed by atoms with Crippen molar-refractivity contribution >= 4 is 28.3 Å². The maximum atomic E-state index is 13.1. The maximum Gasteiger partial charge on any atom is 0.251 e. The molecule has 0 radical (unpaired) electrons. The molecule has 9 heteroatoms. The first-order valence-electron chi connectivity index (χ1n) is 8.92. The van der Waals surface area contributed by atoms with E-state index in [0.29, 0.717) is 13.1 Å². The monoisotopic (exact) mass is 419 g/mol. The van der Waals surface area contributed by atoms with E-state index in [4.69, 9.17) is 10.5 Å². The number of nitrogens with two attached hydrogens (primary N) is 1. The van der Waals surface area contributed by atoms with Crippen molar-refractivity contribution in [3.8, 4) is 5.75 Å². The molecule has 1 aliphatic heterocycles. The minimum atomic E-state index is -3.73. The quantitative estimate of drug-likeness (QED) is 0.735. The summed E-state index contributed by atoms with van der Waals surface area (Å²) in [5, 5.41) is 2.81. The lowest BCUT2D eigenvalue weighted by Crippen LogP contribution is -2.48. The van der Waals surface area contributed by atoms with Crippen molar-refractivity contribution < 1.29 is 17.9 Å². The van der Waals surface area contributed by atoms with Crippen molar-refractivity contribution in [1.82, 2.24) is 9.62 Å². The number of hydrogen-bond acceptors (Lipinski definition) is 5. The van der Waals surface area contributed by atoms with Crippen LogP contribution < -0.4 is 15.8 Å². The van der Waals surface area contributed by atoms with Crippen LogP contribution in [0.2, 0.25) is 0 Å². The second kappa shape index (κ2) is 9.73. The summed E-state index contributed by atoms with van der Waals surface area (Å²) in [5.41, 5.74) is 5.33. The summed E-state index contributed by atoms with van der Waals surface area (Å²) in [5.74, 6) is -0.126. The predicted molar refractivity (Wildman–Crippen MR) is 108 cm³/mol. The number of carbonyl (C=O) groups is 1. The number of halogens is 1. The van der Waals surface area contributed by atoms with Crippen molar-refractivity contribution in [1.29, 1.82) is 0 Å². The smallest absolute Gasteiger partial charge is 0.251 e. The fraction of sp³-hybridized carbons (Fsp3) is 0.611. The van der Waals surface area contributed by atoms with E-state index in [1.54, 1.807) is 6.07 Å². The van der Waals surface area contributed by atoms with Gasteiger partial charge in [0, 0.05) is 30.7 Å². The van der Waals surface area contributed by atoms with Gasteiger partial charge in [-0.25, -0.2) is 8.42 Å². The topological polar surface area (TPSA) is 102 Å². The SMILES string of the molecule is COc1ccc(C(=O)NC(C)(C)CN)cc1S(=O)(=O)N1CCCCCC1.Cl. The lowest BCUT2D eigenvalue weighted by Gasteiger charge is -2.25. The van der Waals surface area contributed by atoms with Crippen molar-refractivity contribution in [2.75, 3.05) is 26.7 Å². The number of nitrogens with zero attached hydrogens (tertiary/aromatic N) is 1. The standard InChI is InChI=1S/C18H29N3O4S.ClH/c1-18(2,13-19)20-17(22)14-8-9-15(25-3)16(12-14)26(23,24)21-10-6-4-5-7-11-21;/h8-9,12H,4-7,10-11,13,19H2,1-3H3,(H,20,22);1H. The van der Waals surface area contributed by atoms with Crippen LogP contribution >= 0.6 is 12.4 Å². The van der Waals surface area contributed by atoms with Crippen LogP contribution in [-0.2, 0) is 10.0 Å².